The number of carbonyl (C=O) groups excluding carboxylic acids is 1. The highest BCUT2D eigenvalue weighted by Gasteiger charge is 2.30. The number of rotatable bonds is 8. The monoisotopic (exact) mass is 625 g/mol. The van der Waals surface area contributed by atoms with Gasteiger partial charge in [-0.05, 0) is 59.7 Å². The van der Waals surface area contributed by atoms with E-state index in [4.69, 9.17) is 34.8 Å². The number of nitrogens with zero attached hydrogens (tertiary/aromatic N) is 2. The summed E-state index contributed by atoms with van der Waals surface area (Å²) in [6, 6.07) is 15.8. The van der Waals surface area contributed by atoms with Crippen LogP contribution in [-0.2, 0) is 26.0 Å². The Morgan fingerprint density at radius 2 is 1.69 bits per heavy atom. The third-order valence-electron chi connectivity index (χ3n) is 6.07. The van der Waals surface area contributed by atoms with Crippen molar-refractivity contribution >= 4 is 62.5 Å². The molecular weight excluding hydrogens is 604 g/mol. The number of carbonyl (C=O) groups is 1. The molecule has 0 saturated heterocycles. The van der Waals surface area contributed by atoms with Crippen LogP contribution in [0.25, 0.3) is 5.69 Å². The Bertz CT molecular complexity index is 1660. The molecule has 0 aliphatic rings. The van der Waals surface area contributed by atoms with Crippen LogP contribution in [0, 0.1) is 5.82 Å². The Labute approximate surface area is 245 Å². The van der Waals surface area contributed by atoms with Gasteiger partial charge in [0.1, 0.15) is 5.82 Å². The third-order valence-corrected chi connectivity index (χ3v) is 9.59. The molecule has 3 aromatic carbocycles. The summed E-state index contributed by atoms with van der Waals surface area (Å²) < 4.78 is 42.3. The first kappa shape index (κ1) is 29.4. The fourth-order valence-corrected chi connectivity index (χ4v) is 6.66. The highest BCUT2D eigenvalue weighted by molar-refractivity contribution is 7.98. The molecule has 4 aromatic rings. The van der Waals surface area contributed by atoms with Crippen LogP contribution in [0.4, 0.5) is 4.39 Å². The molecule has 1 aromatic heterocycles. The van der Waals surface area contributed by atoms with Crippen molar-refractivity contribution in [2.75, 3.05) is 0 Å². The molecule has 0 bridgehead atoms. The van der Waals surface area contributed by atoms with Crippen molar-refractivity contribution in [3.8, 4) is 5.69 Å². The number of benzene rings is 3. The van der Waals surface area contributed by atoms with E-state index in [0.717, 1.165) is 18.2 Å². The molecule has 0 fully saturated rings. The first-order chi connectivity index (χ1) is 18.3. The van der Waals surface area contributed by atoms with Gasteiger partial charge in [0.25, 0.3) is 10.0 Å². The number of imidazole rings is 1. The Morgan fingerprint density at radius 1 is 1.00 bits per heavy atom. The lowest BCUT2D eigenvalue weighted by Crippen LogP contribution is -2.28. The summed E-state index contributed by atoms with van der Waals surface area (Å²) in [5, 5.41) is 1.73. The maximum Gasteiger partial charge on any atom is 0.264 e. The average molecular weight is 627 g/mol. The van der Waals surface area contributed by atoms with Crippen LogP contribution in [0.3, 0.4) is 0 Å². The minimum absolute atomic E-state index is 0.116. The molecule has 6 nitrogen and oxygen atoms in total. The van der Waals surface area contributed by atoms with Crippen LogP contribution in [0.2, 0.25) is 15.1 Å². The molecule has 1 amide bonds. The second-order valence-electron chi connectivity index (χ2n) is 9.20. The Balaban J connectivity index is 1.71. The zero-order valence-electron chi connectivity index (χ0n) is 21.0. The fraction of sp³-hybridized carbons (Fsp3) is 0.185. The van der Waals surface area contributed by atoms with Gasteiger partial charge in [-0.2, -0.15) is 0 Å². The van der Waals surface area contributed by atoms with Gasteiger partial charge in [0.05, 0.1) is 26.8 Å². The molecule has 0 radical (unpaired) electrons. The maximum atomic E-state index is 13.8. The van der Waals surface area contributed by atoms with E-state index < -0.39 is 21.3 Å². The van der Waals surface area contributed by atoms with Gasteiger partial charge in [0, 0.05) is 28.8 Å². The largest absolute Gasteiger partial charge is 0.291 e. The number of hydrogen-bond donors (Lipinski definition) is 1. The molecule has 4 rings (SSSR count). The smallest absolute Gasteiger partial charge is 0.264 e. The lowest BCUT2D eigenvalue weighted by molar-refractivity contribution is -0.117. The SMILES string of the molecule is CC(=O)NS(=O)(=O)c1ccc(CSc2ncc(C(C)(C)c3ccc(Cl)c(Cl)c3)n2-c2ccc(F)cc2)c(Cl)c1. The molecule has 0 aliphatic heterocycles. The van der Waals surface area contributed by atoms with Gasteiger partial charge in [-0.3, -0.25) is 9.36 Å². The maximum absolute atomic E-state index is 13.8. The van der Waals surface area contributed by atoms with E-state index in [-0.39, 0.29) is 15.7 Å². The van der Waals surface area contributed by atoms with Gasteiger partial charge >= 0.3 is 0 Å². The summed E-state index contributed by atoms with van der Waals surface area (Å²) in [6.45, 7) is 5.18. The number of sulfonamides is 1. The lowest BCUT2D eigenvalue weighted by Gasteiger charge is -2.28. The fourth-order valence-electron chi connectivity index (χ4n) is 3.95. The standard InChI is InChI=1S/C27H23Cl3FN3O3S2/c1-16(35)33-39(36,37)21-10-4-17(23(29)13-21)15-38-26-32-14-25(34(26)20-8-6-19(31)7-9-20)27(2,3)18-5-11-22(28)24(30)12-18/h4-14H,15H2,1-3H3,(H,33,35). The number of amides is 1. The van der Waals surface area contributed by atoms with Gasteiger partial charge in [0.15, 0.2) is 5.16 Å². The molecule has 204 valence electrons. The topological polar surface area (TPSA) is 81.1 Å². The van der Waals surface area contributed by atoms with E-state index in [1.54, 1.807) is 30.5 Å². The van der Waals surface area contributed by atoms with E-state index >= 15 is 0 Å². The number of aromatic nitrogens is 2. The summed E-state index contributed by atoms with van der Waals surface area (Å²) in [5.74, 6) is -0.693. The molecule has 1 heterocycles. The predicted molar refractivity (Wildman–Crippen MR) is 154 cm³/mol. The van der Waals surface area contributed by atoms with E-state index in [2.05, 4.69) is 4.98 Å². The summed E-state index contributed by atoms with van der Waals surface area (Å²) in [6.07, 6.45) is 1.76. The molecule has 0 unspecified atom stereocenters. The predicted octanol–water partition coefficient (Wildman–Crippen LogP) is 7.41. The first-order valence-corrected chi connectivity index (χ1v) is 15.1. The van der Waals surface area contributed by atoms with Crippen molar-refractivity contribution in [3.05, 3.63) is 105 Å². The van der Waals surface area contributed by atoms with Crippen molar-refractivity contribution in [3.63, 3.8) is 0 Å². The Morgan fingerprint density at radius 3 is 2.31 bits per heavy atom. The number of halogens is 4. The Hall–Kier alpha value is -2.56. The van der Waals surface area contributed by atoms with Gasteiger partial charge in [0.2, 0.25) is 5.91 Å². The highest BCUT2D eigenvalue weighted by Crippen LogP contribution is 2.39. The van der Waals surface area contributed by atoms with Crippen LogP contribution in [0.15, 0.2) is 76.9 Å². The Kier molecular flexibility index (Phi) is 8.68. The zero-order valence-corrected chi connectivity index (χ0v) is 24.9. The van der Waals surface area contributed by atoms with E-state index in [9.17, 15) is 17.6 Å². The van der Waals surface area contributed by atoms with Crippen LogP contribution in [-0.4, -0.2) is 23.9 Å². The minimum atomic E-state index is -4.01. The van der Waals surface area contributed by atoms with E-state index in [1.165, 1.54) is 36.0 Å². The first-order valence-electron chi connectivity index (χ1n) is 11.5. The number of nitrogens with one attached hydrogen (secondary N) is 1. The van der Waals surface area contributed by atoms with Crippen LogP contribution >= 0.6 is 46.6 Å². The van der Waals surface area contributed by atoms with Crippen molar-refractivity contribution in [1.29, 1.82) is 0 Å². The van der Waals surface area contributed by atoms with Gasteiger partial charge in [-0.1, -0.05) is 72.5 Å². The van der Waals surface area contributed by atoms with Crippen molar-refractivity contribution in [2.45, 2.75) is 42.0 Å². The molecule has 0 atom stereocenters. The normalized spacial score (nSPS) is 12.0. The number of thioether (sulfide) groups is 1. The molecule has 0 spiro atoms. The molecule has 0 saturated carbocycles. The highest BCUT2D eigenvalue weighted by atomic mass is 35.5. The second-order valence-corrected chi connectivity index (χ2v) is 13.0. The van der Waals surface area contributed by atoms with Crippen LogP contribution in [0.5, 0.6) is 0 Å². The van der Waals surface area contributed by atoms with Crippen LogP contribution in [0.1, 0.15) is 37.6 Å². The number of hydrogen-bond acceptors (Lipinski definition) is 5. The summed E-state index contributed by atoms with van der Waals surface area (Å²) in [5.41, 5.74) is 2.56. The van der Waals surface area contributed by atoms with Gasteiger partial charge in [-0.15, -0.1) is 0 Å². The molecule has 0 aliphatic carbocycles. The zero-order chi connectivity index (χ0) is 28.5. The average Bonchev–Trinajstić information content (AvgIpc) is 3.29. The van der Waals surface area contributed by atoms with E-state index in [0.29, 0.717) is 32.2 Å². The van der Waals surface area contributed by atoms with Crippen LogP contribution < -0.4 is 4.72 Å². The minimum Gasteiger partial charge on any atom is -0.291 e. The quantitative estimate of drug-likeness (QED) is 0.206. The third kappa shape index (κ3) is 6.44. The summed E-state index contributed by atoms with van der Waals surface area (Å²) in [4.78, 5) is 15.8. The molecular formula is C27H23Cl3FN3O3S2. The summed E-state index contributed by atoms with van der Waals surface area (Å²) in [7, 11) is -4.01. The second kappa shape index (κ2) is 11.5. The van der Waals surface area contributed by atoms with Crippen molar-refractivity contribution < 1.29 is 17.6 Å². The van der Waals surface area contributed by atoms with Crippen molar-refractivity contribution in [2.24, 2.45) is 0 Å². The molecule has 39 heavy (non-hydrogen) atoms. The summed E-state index contributed by atoms with van der Waals surface area (Å²) >= 11 is 20.3. The van der Waals surface area contributed by atoms with Gasteiger partial charge in [-0.25, -0.2) is 22.5 Å². The molecule has 12 heteroatoms. The van der Waals surface area contributed by atoms with Gasteiger partial charge < -0.3 is 0 Å². The van der Waals surface area contributed by atoms with Crippen molar-refractivity contribution in [1.82, 2.24) is 14.3 Å². The molecule has 1 N–H and O–H groups in total. The van der Waals surface area contributed by atoms with E-state index in [1.807, 2.05) is 35.3 Å². The lowest BCUT2D eigenvalue weighted by atomic mass is 9.81.